The van der Waals surface area contributed by atoms with Crippen molar-refractivity contribution in [3.63, 3.8) is 0 Å². The molecule has 0 aliphatic carbocycles. The van der Waals surface area contributed by atoms with Crippen molar-refractivity contribution in [3.8, 4) is 0 Å². The van der Waals surface area contributed by atoms with E-state index in [-0.39, 0.29) is 0 Å². The van der Waals surface area contributed by atoms with E-state index < -0.39 is 0 Å². The van der Waals surface area contributed by atoms with Crippen LogP contribution in [0.15, 0.2) is 12.2 Å². The first-order valence-electron chi connectivity index (χ1n) is 4.64. The number of nitrogens with zero attached hydrogens (tertiary/aromatic N) is 1. The Morgan fingerprint density at radius 3 is 2.58 bits per heavy atom. The van der Waals surface area contributed by atoms with E-state index in [4.69, 9.17) is 5.73 Å². The molecular formula is C10H22N2. The second-order valence-electron chi connectivity index (χ2n) is 3.70. The number of hydrogen-bond donors (Lipinski definition) is 1. The van der Waals surface area contributed by atoms with E-state index >= 15 is 0 Å². The van der Waals surface area contributed by atoms with Gasteiger partial charge >= 0.3 is 0 Å². The third kappa shape index (κ3) is 6.38. The molecule has 0 fully saturated rings. The van der Waals surface area contributed by atoms with Gasteiger partial charge in [0.15, 0.2) is 0 Å². The Morgan fingerprint density at radius 2 is 2.17 bits per heavy atom. The second-order valence-corrected chi connectivity index (χ2v) is 3.70. The second kappa shape index (κ2) is 6.21. The Labute approximate surface area is 76.4 Å². The predicted octanol–water partition coefficient (Wildman–Crippen LogP) is 1.62. The minimum atomic E-state index is 0.319. The standard InChI is InChI=1S/C10H22N2/c1-5-6-10(11)8-12(4)7-9(2)3/h10H,2,5-8,11H2,1,3-4H3. The highest BCUT2D eigenvalue weighted by molar-refractivity contribution is 4.91. The lowest BCUT2D eigenvalue weighted by Gasteiger charge is -2.20. The highest BCUT2D eigenvalue weighted by atomic mass is 15.1. The molecule has 12 heavy (non-hydrogen) atoms. The van der Waals surface area contributed by atoms with Crippen LogP contribution < -0.4 is 5.73 Å². The molecule has 0 aromatic carbocycles. The minimum absolute atomic E-state index is 0.319. The van der Waals surface area contributed by atoms with Gasteiger partial charge in [-0.1, -0.05) is 25.5 Å². The Kier molecular flexibility index (Phi) is 6.03. The summed E-state index contributed by atoms with van der Waals surface area (Å²) >= 11 is 0. The highest BCUT2D eigenvalue weighted by Crippen LogP contribution is 1.98. The molecule has 72 valence electrons. The van der Waals surface area contributed by atoms with E-state index in [1.807, 2.05) is 6.92 Å². The topological polar surface area (TPSA) is 29.3 Å². The van der Waals surface area contributed by atoms with E-state index in [1.54, 1.807) is 0 Å². The first kappa shape index (κ1) is 11.7. The van der Waals surface area contributed by atoms with Crippen molar-refractivity contribution in [2.24, 2.45) is 5.73 Å². The van der Waals surface area contributed by atoms with Crippen LogP contribution in [0.3, 0.4) is 0 Å². The molecule has 2 heteroatoms. The molecule has 0 amide bonds. The van der Waals surface area contributed by atoms with Gasteiger partial charge in [0, 0.05) is 19.1 Å². The molecule has 0 saturated carbocycles. The highest BCUT2D eigenvalue weighted by Gasteiger charge is 2.04. The number of rotatable bonds is 6. The third-order valence-corrected chi connectivity index (χ3v) is 1.75. The van der Waals surface area contributed by atoms with Crippen LogP contribution in [0, 0.1) is 0 Å². The minimum Gasteiger partial charge on any atom is -0.327 e. The van der Waals surface area contributed by atoms with E-state index in [0.29, 0.717) is 6.04 Å². The zero-order chi connectivity index (χ0) is 9.56. The Balaban J connectivity index is 3.53. The van der Waals surface area contributed by atoms with Crippen LogP contribution in [0.2, 0.25) is 0 Å². The van der Waals surface area contributed by atoms with E-state index in [0.717, 1.165) is 19.5 Å². The maximum atomic E-state index is 5.89. The SMILES string of the molecule is C=C(C)CN(C)CC(N)CCC. The van der Waals surface area contributed by atoms with Crippen LogP contribution in [-0.4, -0.2) is 31.1 Å². The maximum absolute atomic E-state index is 5.89. The maximum Gasteiger partial charge on any atom is 0.0185 e. The van der Waals surface area contributed by atoms with Crippen LogP contribution in [0.5, 0.6) is 0 Å². The summed E-state index contributed by atoms with van der Waals surface area (Å²) in [6, 6.07) is 0.319. The lowest BCUT2D eigenvalue weighted by atomic mass is 10.1. The van der Waals surface area contributed by atoms with Crippen LogP contribution in [0.4, 0.5) is 0 Å². The van der Waals surface area contributed by atoms with Crippen molar-refractivity contribution in [1.29, 1.82) is 0 Å². The van der Waals surface area contributed by atoms with E-state index in [1.165, 1.54) is 12.0 Å². The molecule has 0 bridgehead atoms. The fraction of sp³-hybridized carbons (Fsp3) is 0.800. The fourth-order valence-electron chi connectivity index (χ4n) is 1.39. The van der Waals surface area contributed by atoms with Gasteiger partial charge in [0.05, 0.1) is 0 Å². The average molecular weight is 170 g/mol. The number of hydrogen-bond acceptors (Lipinski definition) is 2. The van der Waals surface area contributed by atoms with Crippen molar-refractivity contribution in [2.75, 3.05) is 20.1 Å². The summed E-state index contributed by atoms with van der Waals surface area (Å²) in [7, 11) is 2.09. The van der Waals surface area contributed by atoms with Gasteiger partial charge < -0.3 is 10.6 Å². The smallest absolute Gasteiger partial charge is 0.0185 e. The summed E-state index contributed by atoms with van der Waals surface area (Å²) in [5.74, 6) is 0. The Morgan fingerprint density at radius 1 is 1.58 bits per heavy atom. The zero-order valence-electron chi connectivity index (χ0n) is 8.64. The zero-order valence-corrected chi connectivity index (χ0v) is 8.64. The molecule has 2 N–H and O–H groups in total. The molecule has 2 nitrogen and oxygen atoms in total. The van der Waals surface area contributed by atoms with Crippen molar-refractivity contribution in [3.05, 3.63) is 12.2 Å². The Bertz CT molecular complexity index is 132. The molecule has 0 radical (unpaired) electrons. The third-order valence-electron chi connectivity index (χ3n) is 1.75. The van der Waals surface area contributed by atoms with Crippen LogP contribution in [0.25, 0.3) is 0 Å². The van der Waals surface area contributed by atoms with Gasteiger partial charge in [-0.25, -0.2) is 0 Å². The molecule has 0 aromatic rings. The van der Waals surface area contributed by atoms with E-state index in [9.17, 15) is 0 Å². The summed E-state index contributed by atoms with van der Waals surface area (Å²) in [5, 5.41) is 0. The van der Waals surface area contributed by atoms with Gasteiger partial charge in [-0.05, 0) is 20.4 Å². The summed E-state index contributed by atoms with van der Waals surface area (Å²) in [5.41, 5.74) is 7.09. The normalized spacial score (nSPS) is 13.4. The molecule has 0 aromatic heterocycles. The molecular weight excluding hydrogens is 148 g/mol. The van der Waals surface area contributed by atoms with Gasteiger partial charge in [0.1, 0.15) is 0 Å². The fourth-order valence-corrected chi connectivity index (χ4v) is 1.39. The lowest BCUT2D eigenvalue weighted by molar-refractivity contribution is 0.326. The van der Waals surface area contributed by atoms with Gasteiger partial charge in [-0.3, -0.25) is 0 Å². The molecule has 0 aliphatic heterocycles. The van der Waals surface area contributed by atoms with Gasteiger partial charge in [-0.15, -0.1) is 0 Å². The van der Waals surface area contributed by atoms with Crippen LogP contribution >= 0.6 is 0 Å². The van der Waals surface area contributed by atoms with Gasteiger partial charge in [-0.2, -0.15) is 0 Å². The monoisotopic (exact) mass is 170 g/mol. The quantitative estimate of drug-likeness (QED) is 0.614. The molecule has 0 rings (SSSR count). The molecule has 0 spiro atoms. The predicted molar refractivity (Wildman–Crippen MR) is 55.2 cm³/mol. The molecule has 0 saturated heterocycles. The first-order chi connectivity index (χ1) is 5.56. The first-order valence-corrected chi connectivity index (χ1v) is 4.64. The van der Waals surface area contributed by atoms with Crippen LogP contribution in [0.1, 0.15) is 26.7 Å². The largest absolute Gasteiger partial charge is 0.327 e. The van der Waals surface area contributed by atoms with Crippen molar-refractivity contribution >= 4 is 0 Å². The van der Waals surface area contributed by atoms with Crippen molar-refractivity contribution < 1.29 is 0 Å². The summed E-state index contributed by atoms with van der Waals surface area (Å²) < 4.78 is 0. The summed E-state index contributed by atoms with van der Waals surface area (Å²) in [6.45, 7) is 10.0. The Hall–Kier alpha value is -0.340. The van der Waals surface area contributed by atoms with E-state index in [2.05, 4.69) is 25.5 Å². The van der Waals surface area contributed by atoms with Crippen molar-refractivity contribution in [1.82, 2.24) is 4.90 Å². The molecule has 0 aliphatic rings. The van der Waals surface area contributed by atoms with Crippen molar-refractivity contribution in [2.45, 2.75) is 32.7 Å². The number of likely N-dealkylation sites (N-methyl/N-ethyl adjacent to an activating group) is 1. The summed E-state index contributed by atoms with van der Waals surface area (Å²) in [4.78, 5) is 2.22. The molecule has 1 unspecified atom stereocenters. The van der Waals surface area contributed by atoms with Crippen LogP contribution in [-0.2, 0) is 0 Å². The van der Waals surface area contributed by atoms with Gasteiger partial charge in [0.2, 0.25) is 0 Å². The molecule has 0 heterocycles. The average Bonchev–Trinajstić information content (AvgIpc) is 1.84. The lowest BCUT2D eigenvalue weighted by Crippen LogP contribution is -2.35. The molecule has 1 atom stereocenters. The summed E-state index contributed by atoms with van der Waals surface area (Å²) in [6.07, 6.45) is 2.28. The number of nitrogens with two attached hydrogens (primary N) is 1. The van der Waals surface area contributed by atoms with Gasteiger partial charge in [0.25, 0.3) is 0 Å².